The second-order valence-corrected chi connectivity index (χ2v) is 6.63. The highest BCUT2D eigenvalue weighted by Crippen LogP contribution is 2.29. The number of carbonyl (C=O) groups excluding carboxylic acids is 3. The number of nitrogens with one attached hydrogen (secondary N) is 2. The normalized spacial score (nSPS) is 16.5. The van der Waals surface area contributed by atoms with Gasteiger partial charge in [0.05, 0.1) is 18.9 Å². The van der Waals surface area contributed by atoms with E-state index in [0.29, 0.717) is 36.8 Å². The Morgan fingerprint density at radius 3 is 2.56 bits per heavy atom. The van der Waals surface area contributed by atoms with Crippen LogP contribution in [0.25, 0.3) is 0 Å². The molecule has 0 aromatic heterocycles. The Kier molecular flexibility index (Phi) is 7.04. The molecule has 1 aliphatic rings. The second-order valence-electron chi connectivity index (χ2n) is 6.63. The molecule has 148 valence electrons. The molecule has 27 heavy (non-hydrogen) atoms. The monoisotopic (exact) mass is 377 g/mol. The van der Waals surface area contributed by atoms with Crippen LogP contribution in [-0.2, 0) is 9.59 Å². The number of nitrogens with zero attached hydrogens (tertiary/aromatic N) is 1. The van der Waals surface area contributed by atoms with Crippen LogP contribution < -0.4 is 20.1 Å². The summed E-state index contributed by atoms with van der Waals surface area (Å²) in [6, 6.07) is 3.98. The summed E-state index contributed by atoms with van der Waals surface area (Å²) in [6.07, 6.45) is 0.535. The topological polar surface area (TPSA) is 97.0 Å². The number of ether oxygens (including phenoxy) is 2. The van der Waals surface area contributed by atoms with Crippen LogP contribution in [0, 0.1) is 5.92 Å². The van der Waals surface area contributed by atoms with Crippen LogP contribution in [0.2, 0.25) is 0 Å². The van der Waals surface area contributed by atoms with E-state index < -0.39 is 18.0 Å². The molecular weight excluding hydrogens is 350 g/mol. The summed E-state index contributed by atoms with van der Waals surface area (Å²) < 4.78 is 11.0. The maximum atomic E-state index is 12.4. The highest BCUT2D eigenvalue weighted by Gasteiger charge is 2.39. The molecule has 1 aromatic rings. The van der Waals surface area contributed by atoms with Gasteiger partial charge in [-0.25, -0.2) is 4.79 Å². The first kappa shape index (κ1) is 20.5. The molecule has 0 bridgehead atoms. The van der Waals surface area contributed by atoms with Crippen LogP contribution >= 0.6 is 0 Å². The Labute approximate surface area is 159 Å². The van der Waals surface area contributed by atoms with Gasteiger partial charge in [-0.1, -0.05) is 13.8 Å². The molecule has 8 heteroatoms. The van der Waals surface area contributed by atoms with Gasteiger partial charge in [0.1, 0.15) is 24.1 Å². The molecule has 1 aromatic carbocycles. The molecule has 0 unspecified atom stereocenters. The SMILES string of the molecule is CCOc1ccc(OCC)c(NC(=O)CN2C(=O)N[C@@H](CC(C)C)C2=O)c1. The Bertz CT molecular complexity index is 705. The minimum Gasteiger partial charge on any atom is -0.494 e. The van der Waals surface area contributed by atoms with Gasteiger partial charge in [0.15, 0.2) is 0 Å². The van der Waals surface area contributed by atoms with Crippen molar-refractivity contribution in [3.63, 3.8) is 0 Å². The summed E-state index contributed by atoms with van der Waals surface area (Å²) in [6.45, 7) is 8.19. The molecule has 1 atom stereocenters. The molecule has 0 spiro atoms. The van der Waals surface area contributed by atoms with Crippen LogP contribution in [0.3, 0.4) is 0 Å². The minimum absolute atomic E-state index is 0.253. The molecule has 8 nitrogen and oxygen atoms in total. The van der Waals surface area contributed by atoms with Crippen LogP contribution in [0.15, 0.2) is 18.2 Å². The summed E-state index contributed by atoms with van der Waals surface area (Å²) >= 11 is 0. The van der Waals surface area contributed by atoms with Crippen molar-refractivity contribution in [2.45, 2.75) is 40.2 Å². The molecule has 1 saturated heterocycles. The lowest BCUT2D eigenvalue weighted by atomic mass is 10.0. The Morgan fingerprint density at radius 2 is 1.93 bits per heavy atom. The zero-order valence-electron chi connectivity index (χ0n) is 16.2. The summed E-state index contributed by atoms with van der Waals surface area (Å²) in [4.78, 5) is 37.8. The van der Waals surface area contributed by atoms with E-state index in [1.807, 2.05) is 27.7 Å². The highest BCUT2D eigenvalue weighted by molar-refractivity contribution is 6.08. The van der Waals surface area contributed by atoms with Crippen LogP contribution in [0.5, 0.6) is 11.5 Å². The number of benzene rings is 1. The maximum absolute atomic E-state index is 12.4. The molecule has 4 amide bonds. The third kappa shape index (κ3) is 5.35. The lowest BCUT2D eigenvalue weighted by molar-refractivity contribution is -0.131. The molecule has 2 rings (SSSR count). The maximum Gasteiger partial charge on any atom is 0.325 e. The number of rotatable bonds is 9. The van der Waals surface area contributed by atoms with Gasteiger partial charge in [-0.05, 0) is 38.3 Å². The summed E-state index contributed by atoms with van der Waals surface area (Å²) in [5.41, 5.74) is 0.429. The number of carbonyl (C=O) groups is 3. The number of anilines is 1. The Hall–Kier alpha value is -2.77. The Balaban J connectivity index is 2.07. The van der Waals surface area contributed by atoms with E-state index in [0.717, 1.165) is 4.90 Å². The number of amides is 4. The average Bonchev–Trinajstić information content (AvgIpc) is 2.84. The van der Waals surface area contributed by atoms with Gasteiger partial charge in [0.2, 0.25) is 5.91 Å². The van der Waals surface area contributed by atoms with Crippen molar-refractivity contribution in [2.24, 2.45) is 5.92 Å². The van der Waals surface area contributed by atoms with Crippen molar-refractivity contribution in [1.29, 1.82) is 0 Å². The standard InChI is InChI=1S/C19H27N3O5/c1-5-26-13-7-8-16(27-6-2)14(10-13)20-17(23)11-22-18(24)15(9-12(3)4)21-19(22)25/h7-8,10,12,15H,5-6,9,11H2,1-4H3,(H,20,23)(H,21,25)/t15-/m0/s1. The van der Waals surface area contributed by atoms with Gasteiger partial charge in [-0.15, -0.1) is 0 Å². The Morgan fingerprint density at radius 1 is 1.22 bits per heavy atom. The van der Waals surface area contributed by atoms with E-state index in [2.05, 4.69) is 10.6 Å². The van der Waals surface area contributed by atoms with E-state index in [1.54, 1.807) is 18.2 Å². The van der Waals surface area contributed by atoms with E-state index in [4.69, 9.17) is 9.47 Å². The van der Waals surface area contributed by atoms with Crippen LogP contribution in [-0.4, -0.2) is 48.5 Å². The molecule has 1 fully saturated rings. The zero-order chi connectivity index (χ0) is 20.0. The quantitative estimate of drug-likeness (QED) is 0.644. The second kappa shape index (κ2) is 9.25. The fourth-order valence-electron chi connectivity index (χ4n) is 2.84. The number of hydrogen-bond donors (Lipinski definition) is 2. The van der Waals surface area contributed by atoms with Gasteiger partial charge in [-0.3, -0.25) is 14.5 Å². The predicted octanol–water partition coefficient (Wildman–Crippen LogP) is 2.39. The molecule has 0 radical (unpaired) electrons. The predicted molar refractivity (Wildman–Crippen MR) is 101 cm³/mol. The first-order valence-electron chi connectivity index (χ1n) is 9.17. The van der Waals surface area contributed by atoms with Crippen molar-refractivity contribution < 1.29 is 23.9 Å². The summed E-state index contributed by atoms with van der Waals surface area (Å²) in [5.74, 6) is 0.464. The lowest BCUT2D eigenvalue weighted by Crippen LogP contribution is -2.38. The van der Waals surface area contributed by atoms with Crippen molar-refractivity contribution in [1.82, 2.24) is 10.2 Å². The van der Waals surface area contributed by atoms with Crippen LogP contribution in [0.1, 0.15) is 34.1 Å². The van der Waals surface area contributed by atoms with E-state index >= 15 is 0 Å². The van der Waals surface area contributed by atoms with Crippen molar-refractivity contribution in [3.05, 3.63) is 18.2 Å². The van der Waals surface area contributed by atoms with Gasteiger partial charge >= 0.3 is 6.03 Å². The first-order chi connectivity index (χ1) is 12.8. The van der Waals surface area contributed by atoms with Gasteiger partial charge in [-0.2, -0.15) is 0 Å². The molecule has 1 heterocycles. The molecule has 2 N–H and O–H groups in total. The number of imide groups is 1. The molecular formula is C19H27N3O5. The van der Waals surface area contributed by atoms with Crippen LogP contribution in [0.4, 0.5) is 10.5 Å². The van der Waals surface area contributed by atoms with Gasteiger partial charge in [0, 0.05) is 6.07 Å². The molecule has 1 aliphatic heterocycles. The minimum atomic E-state index is -0.578. The third-order valence-corrected chi connectivity index (χ3v) is 3.95. The zero-order valence-corrected chi connectivity index (χ0v) is 16.2. The van der Waals surface area contributed by atoms with E-state index in [9.17, 15) is 14.4 Å². The average molecular weight is 377 g/mol. The molecule has 0 aliphatic carbocycles. The first-order valence-corrected chi connectivity index (χ1v) is 9.17. The van der Waals surface area contributed by atoms with E-state index in [1.165, 1.54) is 0 Å². The fourth-order valence-corrected chi connectivity index (χ4v) is 2.84. The van der Waals surface area contributed by atoms with E-state index in [-0.39, 0.29) is 18.4 Å². The van der Waals surface area contributed by atoms with Crippen molar-refractivity contribution in [3.8, 4) is 11.5 Å². The summed E-state index contributed by atoms with van der Waals surface area (Å²) in [7, 11) is 0. The largest absolute Gasteiger partial charge is 0.494 e. The third-order valence-electron chi connectivity index (χ3n) is 3.95. The smallest absolute Gasteiger partial charge is 0.325 e. The summed E-state index contributed by atoms with van der Waals surface area (Å²) in [5, 5.41) is 5.32. The number of urea groups is 1. The van der Waals surface area contributed by atoms with Gasteiger partial charge in [0.25, 0.3) is 5.91 Å². The fraction of sp³-hybridized carbons (Fsp3) is 0.526. The highest BCUT2D eigenvalue weighted by atomic mass is 16.5. The number of hydrogen-bond acceptors (Lipinski definition) is 5. The van der Waals surface area contributed by atoms with Crippen molar-refractivity contribution >= 4 is 23.5 Å². The lowest BCUT2D eigenvalue weighted by Gasteiger charge is -2.16. The van der Waals surface area contributed by atoms with Gasteiger partial charge < -0.3 is 20.1 Å². The van der Waals surface area contributed by atoms with Crippen molar-refractivity contribution in [2.75, 3.05) is 25.1 Å². The molecule has 0 saturated carbocycles.